The monoisotopic (exact) mass is 284 g/mol. The fourth-order valence-corrected chi connectivity index (χ4v) is 0.647. The summed E-state index contributed by atoms with van der Waals surface area (Å²) in [5.41, 5.74) is -0.518. The fraction of sp³-hybridized carbons (Fsp3) is 0.750. The molecule has 0 N–H and O–H groups in total. The first-order chi connectivity index (χ1) is 5.24. The summed E-state index contributed by atoms with van der Waals surface area (Å²) in [6.45, 7) is 6.69. The van der Waals surface area contributed by atoms with Gasteiger partial charge in [0.15, 0.2) is 9.71 Å². The minimum absolute atomic E-state index is 0.176. The van der Waals surface area contributed by atoms with Gasteiger partial charge in [0.2, 0.25) is 0 Å². The van der Waals surface area contributed by atoms with Crippen LogP contribution < -0.4 is 0 Å². The number of halogens is 1. The Labute approximate surface area is 86.0 Å². The van der Waals surface area contributed by atoms with Crippen molar-refractivity contribution in [2.45, 2.75) is 37.2 Å². The molecular formula is C8H13IO3. The molecule has 0 heterocycles. The first kappa shape index (κ1) is 11.9. The van der Waals surface area contributed by atoms with Crippen LogP contribution in [0.15, 0.2) is 0 Å². The minimum Gasteiger partial charge on any atom is -0.459 e. The highest BCUT2D eigenvalue weighted by Crippen LogP contribution is 2.12. The highest BCUT2D eigenvalue weighted by molar-refractivity contribution is 14.1. The lowest BCUT2D eigenvalue weighted by Crippen LogP contribution is -2.32. The second-order valence-electron chi connectivity index (χ2n) is 3.51. The maximum absolute atomic E-state index is 11.1. The first-order valence-corrected chi connectivity index (χ1v) is 4.86. The molecule has 0 rings (SSSR count). The predicted molar refractivity (Wildman–Crippen MR) is 54.3 cm³/mol. The molecule has 70 valence electrons. The quantitative estimate of drug-likeness (QED) is 0.335. The Morgan fingerprint density at radius 3 is 2.00 bits per heavy atom. The summed E-state index contributed by atoms with van der Waals surface area (Å²) >= 11 is 1.77. The summed E-state index contributed by atoms with van der Waals surface area (Å²) in [5.74, 6) is -0.638. The number of esters is 1. The van der Waals surface area contributed by atoms with E-state index in [2.05, 4.69) is 0 Å². The smallest absolute Gasteiger partial charge is 0.327 e. The Bertz CT molecular complexity index is 193. The maximum Gasteiger partial charge on any atom is 0.327 e. The molecule has 3 nitrogen and oxygen atoms in total. The molecule has 1 atom stereocenters. The standard InChI is InChI=1S/C8H13IO3/c1-5(10)6(9)7(11)12-8(2,3)4/h6H,1-4H3. The number of rotatable bonds is 2. The molecule has 0 amide bonds. The van der Waals surface area contributed by atoms with E-state index in [0.29, 0.717) is 0 Å². The largest absolute Gasteiger partial charge is 0.459 e. The van der Waals surface area contributed by atoms with Crippen LogP contribution in [0.4, 0.5) is 0 Å². The first-order valence-electron chi connectivity index (χ1n) is 3.61. The lowest BCUT2D eigenvalue weighted by atomic mass is 10.2. The zero-order valence-electron chi connectivity index (χ0n) is 7.68. The Kier molecular flexibility index (Phi) is 4.16. The van der Waals surface area contributed by atoms with Gasteiger partial charge in [-0.2, -0.15) is 0 Å². The van der Waals surface area contributed by atoms with Gasteiger partial charge in [-0.1, -0.05) is 22.6 Å². The molecule has 0 radical (unpaired) electrons. The van der Waals surface area contributed by atoms with Crippen molar-refractivity contribution in [3.63, 3.8) is 0 Å². The van der Waals surface area contributed by atoms with E-state index in [1.54, 1.807) is 43.4 Å². The SMILES string of the molecule is CC(=O)C(I)C(=O)OC(C)(C)C. The number of hydrogen-bond acceptors (Lipinski definition) is 3. The van der Waals surface area contributed by atoms with Gasteiger partial charge in [0.05, 0.1) is 0 Å². The van der Waals surface area contributed by atoms with Gasteiger partial charge in [0.25, 0.3) is 0 Å². The van der Waals surface area contributed by atoms with Gasteiger partial charge in [-0.3, -0.25) is 9.59 Å². The van der Waals surface area contributed by atoms with Crippen LogP contribution in [0, 0.1) is 0 Å². The highest BCUT2D eigenvalue weighted by atomic mass is 127. The minimum atomic E-state index is -0.679. The molecule has 0 saturated heterocycles. The Hall–Kier alpha value is -0.130. The van der Waals surface area contributed by atoms with Crippen LogP contribution in [0.3, 0.4) is 0 Å². The van der Waals surface area contributed by atoms with Gasteiger partial charge in [0.1, 0.15) is 5.60 Å². The van der Waals surface area contributed by atoms with Gasteiger partial charge in [0, 0.05) is 0 Å². The van der Waals surface area contributed by atoms with Gasteiger partial charge < -0.3 is 4.74 Å². The molecule has 0 aromatic heterocycles. The molecule has 4 heteroatoms. The van der Waals surface area contributed by atoms with Crippen LogP contribution in [-0.4, -0.2) is 21.3 Å². The number of carbonyl (C=O) groups excluding carboxylic acids is 2. The zero-order chi connectivity index (χ0) is 9.94. The van der Waals surface area contributed by atoms with Crippen molar-refractivity contribution in [2.75, 3.05) is 0 Å². The summed E-state index contributed by atoms with van der Waals surface area (Å²) in [7, 11) is 0. The van der Waals surface area contributed by atoms with Gasteiger partial charge in [-0.25, -0.2) is 0 Å². The molecule has 0 aliphatic heterocycles. The van der Waals surface area contributed by atoms with Gasteiger partial charge in [-0.15, -0.1) is 0 Å². The van der Waals surface area contributed by atoms with E-state index in [-0.39, 0.29) is 5.78 Å². The van der Waals surface area contributed by atoms with E-state index >= 15 is 0 Å². The average molecular weight is 284 g/mol. The Morgan fingerprint density at radius 1 is 1.33 bits per heavy atom. The lowest BCUT2D eigenvalue weighted by molar-refractivity contribution is -0.154. The van der Waals surface area contributed by atoms with E-state index < -0.39 is 15.5 Å². The fourth-order valence-electron chi connectivity index (χ4n) is 0.519. The van der Waals surface area contributed by atoms with Crippen molar-refractivity contribution < 1.29 is 14.3 Å². The number of carbonyl (C=O) groups is 2. The zero-order valence-corrected chi connectivity index (χ0v) is 9.84. The van der Waals surface area contributed by atoms with Crippen LogP contribution >= 0.6 is 22.6 Å². The molecule has 0 fully saturated rings. The molecule has 0 spiro atoms. The second-order valence-corrected chi connectivity index (χ2v) is 4.75. The van der Waals surface area contributed by atoms with Gasteiger partial charge >= 0.3 is 5.97 Å². The predicted octanol–water partition coefficient (Wildman–Crippen LogP) is 1.72. The van der Waals surface area contributed by atoms with E-state index in [4.69, 9.17) is 4.74 Å². The van der Waals surface area contributed by atoms with Crippen molar-refractivity contribution >= 4 is 34.3 Å². The van der Waals surface area contributed by atoms with Crippen molar-refractivity contribution in [3.05, 3.63) is 0 Å². The molecule has 0 aromatic rings. The summed E-state index contributed by atoms with van der Waals surface area (Å²) in [6.07, 6.45) is 0. The summed E-state index contributed by atoms with van der Waals surface area (Å²) < 4.78 is 4.31. The van der Waals surface area contributed by atoms with Crippen LogP contribution in [-0.2, 0) is 14.3 Å². The number of ether oxygens (including phenoxy) is 1. The molecule has 1 unspecified atom stereocenters. The normalized spacial score (nSPS) is 13.8. The molecule has 0 saturated carbocycles. The number of hydrogen-bond donors (Lipinski definition) is 0. The second kappa shape index (κ2) is 4.20. The molecule has 0 bridgehead atoms. The Balaban J connectivity index is 4.15. The van der Waals surface area contributed by atoms with Crippen LogP contribution in [0.25, 0.3) is 0 Å². The van der Waals surface area contributed by atoms with Crippen molar-refractivity contribution in [2.24, 2.45) is 0 Å². The maximum atomic E-state index is 11.1. The molecule has 12 heavy (non-hydrogen) atoms. The molecule has 0 aliphatic carbocycles. The number of ketones is 1. The van der Waals surface area contributed by atoms with E-state index in [1.807, 2.05) is 0 Å². The summed E-state index contributed by atoms with van der Waals surface area (Å²) in [5, 5.41) is 0. The topological polar surface area (TPSA) is 43.4 Å². The number of alkyl halides is 1. The molecular weight excluding hydrogens is 271 g/mol. The lowest BCUT2D eigenvalue weighted by Gasteiger charge is -2.20. The molecule has 0 aromatic carbocycles. The summed E-state index contributed by atoms with van der Waals surface area (Å²) in [6, 6.07) is 0. The van der Waals surface area contributed by atoms with Crippen LogP contribution in [0.5, 0.6) is 0 Å². The number of Topliss-reactive ketones (excluding diaryl/α,β-unsaturated/α-hetero) is 1. The summed E-state index contributed by atoms with van der Waals surface area (Å²) in [4.78, 5) is 21.9. The van der Waals surface area contributed by atoms with Crippen molar-refractivity contribution in [3.8, 4) is 0 Å². The van der Waals surface area contributed by atoms with E-state index in [0.717, 1.165) is 0 Å². The third-order valence-electron chi connectivity index (χ3n) is 0.971. The third kappa shape index (κ3) is 4.69. The highest BCUT2D eigenvalue weighted by Gasteiger charge is 2.25. The average Bonchev–Trinajstić information content (AvgIpc) is 1.82. The third-order valence-corrected chi connectivity index (χ3v) is 2.36. The van der Waals surface area contributed by atoms with Gasteiger partial charge in [-0.05, 0) is 27.7 Å². The van der Waals surface area contributed by atoms with Crippen molar-refractivity contribution in [1.82, 2.24) is 0 Å². The molecule has 0 aliphatic rings. The van der Waals surface area contributed by atoms with Crippen LogP contribution in [0.1, 0.15) is 27.7 Å². The van der Waals surface area contributed by atoms with Crippen LogP contribution in [0.2, 0.25) is 0 Å². The van der Waals surface area contributed by atoms with E-state index in [1.165, 1.54) is 6.92 Å². The van der Waals surface area contributed by atoms with E-state index in [9.17, 15) is 9.59 Å². The van der Waals surface area contributed by atoms with Crippen molar-refractivity contribution in [1.29, 1.82) is 0 Å². The Morgan fingerprint density at radius 2 is 1.75 bits per heavy atom.